The molecule has 1 atom stereocenters. The molecule has 0 saturated carbocycles. The van der Waals surface area contributed by atoms with Gasteiger partial charge >= 0.3 is 6.09 Å². The van der Waals surface area contributed by atoms with Crippen LogP contribution in [0.25, 0.3) is 0 Å². The molecule has 5 heteroatoms. The van der Waals surface area contributed by atoms with Crippen molar-refractivity contribution >= 4 is 28.7 Å². The summed E-state index contributed by atoms with van der Waals surface area (Å²) < 4.78 is 11.7. The summed E-state index contributed by atoms with van der Waals surface area (Å²) in [5.74, 6) is 0. The standard InChI is InChI=1S/C10H18INO3/c1-10(2,3)15-9(13)12-4-5-14-8(6-11)7-12/h8H,4-7H2,1-3H3/t8-/m1/s1. The Hall–Kier alpha value is -0.0400. The van der Waals surface area contributed by atoms with E-state index in [1.165, 1.54) is 0 Å². The van der Waals surface area contributed by atoms with E-state index in [4.69, 9.17) is 9.47 Å². The number of carbonyl (C=O) groups is 1. The topological polar surface area (TPSA) is 38.8 Å². The van der Waals surface area contributed by atoms with E-state index < -0.39 is 5.60 Å². The fourth-order valence-corrected chi connectivity index (χ4v) is 1.84. The van der Waals surface area contributed by atoms with Crippen molar-refractivity contribution in [2.75, 3.05) is 24.1 Å². The molecule has 1 heterocycles. The molecule has 0 aromatic heterocycles. The zero-order valence-electron chi connectivity index (χ0n) is 9.46. The second-order valence-corrected chi connectivity index (χ2v) is 5.45. The SMILES string of the molecule is CC(C)(C)OC(=O)N1CCO[C@H](CI)C1. The molecule has 0 spiro atoms. The number of halogens is 1. The average Bonchev–Trinajstić information content (AvgIpc) is 2.15. The first-order valence-corrected chi connectivity index (χ1v) is 6.60. The van der Waals surface area contributed by atoms with E-state index in [0.717, 1.165) is 4.43 Å². The lowest BCUT2D eigenvalue weighted by Gasteiger charge is -2.33. The number of amides is 1. The maximum atomic E-state index is 11.7. The number of morpholine rings is 1. The first kappa shape index (κ1) is 13.0. The number of rotatable bonds is 1. The molecule has 1 aliphatic rings. The monoisotopic (exact) mass is 327 g/mol. The van der Waals surface area contributed by atoms with Crippen LogP contribution in [0.1, 0.15) is 20.8 Å². The van der Waals surface area contributed by atoms with Crippen LogP contribution in [0.2, 0.25) is 0 Å². The van der Waals surface area contributed by atoms with E-state index in [0.29, 0.717) is 19.7 Å². The highest BCUT2D eigenvalue weighted by atomic mass is 127. The molecule has 15 heavy (non-hydrogen) atoms. The van der Waals surface area contributed by atoms with Crippen molar-refractivity contribution in [1.82, 2.24) is 4.90 Å². The predicted molar refractivity (Wildman–Crippen MR) is 66.4 cm³/mol. The van der Waals surface area contributed by atoms with Gasteiger partial charge in [-0.1, -0.05) is 22.6 Å². The molecule has 88 valence electrons. The molecule has 0 aromatic rings. The minimum Gasteiger partial charge on any atom is -0.444 e. The number of hydrogen-bond donors (Lipinski definition) is 0. The van der Waals surface area contributed by atoms with E-state index in [-0.39, 0.29) is 12.2 Å². The number of ether oxygens (including phenoxy) is 2. The van der Waals surface area contributed by atoms with E-state index in [1.807, 2.05) is 20.8 Å². The van der Waals surface area contributed by atoms with E-state index in [2.05, 4.69) is 22.6 Å². The van der Waals surface area contributed by atoms with Crippen molar-refractivity contribution in [3.05, 3.63) is 0 Å². The molecule has 1 aliphatic heterocycles. The summed E-state index contributed by atoms with van der Waals surface area (Å²) in [7, 11) is 0. The molecule has 0 radical (unpaired) electrons. The van der Waals surface area contributed by atoms with E-state index >= 15 is 0 Å². The molecule has 4 nitrogen and oxygen atoms in total. The van der Waals surface area contributed by atoms with E-state index in [1.54, 1.807) is 4.90 Å². The molecule has 0 aliphatic carbocycles. The first-order valence-electron chi connectivity index (χ1n) is 5.08. The van der Waals surface area contributed by atoms with Gasteiger partial charge in [0.15, 0.2) is 0 Å². The maximum absolute atomic E-state index is 11.7. The zero-order chi connectivity index (χ0) is 11.5. The molecular weight excluding hydrogens is 309 g/mol. The minimum atomic E-state index is -0.421. The Morgan fingerprint density at radius 3 is 2.80 bits per heavy atom. The van der Waals surface area contributed by atoms with Gasteiger partial charge in [0.2, 0.25) is 0 Å². The van der Waals surface area contributed by atoms with Gasteiger partial charge in [-0.15, -0.1) is 0 Å². The third-order valence-corrected chi connectivity index (χ3v) is 2.94. The Bertz CT molecular complexity index is 227. The van der Waals surface area contributed by atoms with Crippen LogP contribution < -0.4 is 0 Å². The highest BCUT2D eigenvalue weighted by Crippen LogP contribution is 2.13. The summed E-state index contributed by atoms with van der Waals surface area (Å²) >= 11 is 2.26. The highest BCUT2D eigenvalue weighted by molar-refractivity contribution is 14.1. The van der Waals surface area contributed by atoms with Crippen LogP contribution >= 0.6 is 22.6 Å². The first-order chi connectivity index (χ1) is 6.92. The lowest BCUT2D eigenvalue weighted by molar-refractivity contribution is -0.0328. The Morgan fingerprint density at radius 1 is 1.60 bits per heavy atom. The second kappa shape index (κ2) is 5.34. The lowest BCUT2D eigenvalue weighted by atomic mass is 10.2. The van der Waals surface area contributed by atoms with Gasteiger partial charge < -0.3 is 14.4 Å². The molecule has 1 saturated heterocycles. The summed E-state index contributed by atoms with van der Waals surface area (Å²) in [4.78, 5) is 13.4. The Balaban J connectivity index is 2.45. The Kier molecular flexibility index (Phi) is 4.64. The van der Waals surface area contributed by atoms with Gasteiger partial charge in [0, 0.05) is 11.0 Å². The lowest BCUT2D eigenvalue weighted by Crippen LogP contribution is -2.47. The second-order valence-electron chi connectivity index (χ2n) is 4.57. The van der Waals surface area contributed by atoms with Crippen molar-refractivity contribution in [1.29, 1.82) is 0 Å². The third-order valence-electron chi connectivity index (χ3n) is 1.96. The summed E-state index contributed by atoms with van der Waals surface area (Å²) in [6.45, 7) is 7.50. The maximum Gasteiger partial charge on any atom is 0.410 e. The molecule has 0 N–H and O–H groups in total. The van der Waals surface area contributed by atoms with Crippen molar-refractivity contribution in [3.8, 4) is 0 Å². The highest BCUT2D eigenvalue weighted by Gasteiger charge is 2.27. The van der Waals surface area contributed by atoms with Crippen molar-refractivity contribution in [2.24, 2.45) is 0 Å². The van der Waals surface area contributed by atoms with Gasteiger partial charge in [0.1, 0.15) is 5.60 Å². The van der Waals surface area contributed by atoms with Gasteiger partial charge in [-0.3, -0.25) is 0 Å². The van der Waals surface area contributed by atoms with Crippen LogP contribution in [-0.2, 0) is 9.47 Å². The fraction of sp³-hybridized carbons (Fsp3) is 0.900. The Morgan fingerprint density at radius 2 is 2.27 bits per heavy atom. The summed E-state index contributed by atoms with van der Waals surface area (Å²) in [6, 6.07) is 0. The third kappa shape index (κ3) is 4.55. The summed E-state index contributed by atoms with van der Waals surface area (Å²) in [6.07, 6.45) is -0.0903. The van der Waals surface area contributed by atoms with Gasteiger partial charge in [-0.2, -0.15) is 0 Å². The summed E-state index contributed by atoms with van der Waals surface area (Å²) in [5.41, 5.74) is -0.421. The van der Waals surface area contributed by atoms with Gasteiger partial charge in [0.05, 0.1) is 19.3 Å². The largest absolute Gasteiger partial charge is 0.444 e. The summed E-state index contributed by atoms with van der Waals surface area (Å²) in [5, 5.41) is 0. The average molecular weight is 327 g/mol. The molecular formula is C10H18INO3. The predicted octanol–water partition coefficient (Wildman–Crippen LogP) is 2.06. The number of carbonyl (C=O) groups excluding carboxylic acids is 1. The van der Waals surface area contributed by atoms with Gasteiger partial charge in [-0.25, -0.2) is 4.79 Å². The fourth-order valence-electron chi connectivity index (χ4n) is 1.31. The van der Waals surface area contributed by atoms with Crippen LogP contribution in [0.15, 0.2) is 0 Å². The van der Waals surface area contributed by atoms with Crippen LogP contribution in [0.3, 0.4) is 0 Å². The molecule has 1 rings (SSSR count). The number of nitrogens with zero attached hydrogens (tertiary/aromatic N) is 1. The normalized spacial score (nSPS) is 22.7. The van der Waals surface area contributed by atoms with Crippen LogP contribution in [0, 0.1) is 0 Å². The van der Waals surface area contributed by atoms with Gasteiger partial charge in [0.25, 0.3) is 0 Å². The van der Waals surface area contributed by atoms with Crippen molar-refractivity contribution in [2.45, 2.75) is 32.5 Å². The molecule has 0 aromatic carbocycles. The molecule has 1 fully saturated rings. The van der Waals surface area contributed by atoms with Crippen LogP contribution in [-0.4, -0.2) is 46.8 Å². The van der Waals surface area contributed by atoms with Crippen molar-refractivity contribution < 1.29 is 14.3 Å². The molecule has 0 bridgehead atoms. The quantitative estimate of drug-likeness (QED) is 0.547. The smallest absolute Gasteiger partial charge is 0.410 e. The number of hydrogen-bond acceptors (Lipinski definition) is 3. The van der Waals surface area contributed by atoms with Gasteiger partial charge in [-0.05, 0) is 20.8 Å². The van der Waals surface area contributed by atoms with Crippen LogP contribution in [0.5, 0.6) is 0 Å². The molecule has 1 amide bonds. The number of alkyl halides is 1. The van der Waals surface area contributed by atoms with E-state index in [9.17, 15) is 4.79 Å². The van der Waals surface area contributed by atoms with Crippen LogP contribution in [0.4, 0.5) is 4.79 Å². The minimum absolute atomic E-state index is 0.145. The Labute approximate surface area is 104 Å². The zero-order valence-corrected chi connectivity index (χ0v) is 11.6. The van der Waals surface area contributed by atoms with Crippen molar-refractivity contribution in [3.63, 3.8) is 0 Å². The molecule has 0 unspecified atom stereocenters.